The van der Waals surface area contributed by atoms with Gasteiger partial charge in [-0.05, 0) is 31.5 Å². The number of aryl methyl sites for hydroxylation is 1. The van der Waals surface area contributed by atoms with Crippen LogP contribution in [-0.4, -0.2) is 44.0 Å². The standard InChI is InChI=1S/C22H20N6O5/c1-14-11-18(27(25-14)16-8-4-3-5-9-16)23-19(29)13-26-20(30)22(2,24-21(26)31)15-7-6-10-17(12-15)28(32)33/h3-12H,13H2,1-2H3,(H,23,29)(H,24,31). The van der Waals surface area contributed by atoms with Crippen LogP contribution in [-0.2, 0) is 15.1 Å². The van der Waals surface area contributed by atoms with E-state index >= 15 is 0 Å². The van der Waals surface area contributed by atoms with Gasteiger partial charge in [-0.25, -0.2) is 9.48 Å². The summed E-state index contributed by atoms with van der Waals surface area (Å²) in [6.45, 7) is 2.68. The molecule has 33 heavy (non-hydrogen) atoms. The first-order chi connectivity index (χ1) is 15.7. The van der Waals surface area contributed by atoms with Crippen molar-refractivity contribution in [1.82, 2.24) is 20.0 Å². The molecule has 168 valence electrons. The maximum atomic E-state index is 13.1. The lowest BCUT2D eigenvalue weighted by atomic mass is 9.91. The Bertz CT molecular complexity index is 1270. The Morgan fingerprint density at radius 2 is 1.88 bits per heavy atom. The highest BCUT2D eigenvalue weighted by Crippen LogP contribution is 2.31. The summed E-state index contributed by atoms with van der Waals surface area (Å²) in [5.74, 6) is -0.896. The summed E-state index contributed by atoms with van der Waals surface area (Å²) in [4.78, 5) is 49.6. The first-order valence-corrected chi connectivity index (χ1v) is 10.00. The predicted octanol–water partition coefficient (Wildman–Crippen LogP) is 2.49. The van der Waals surface area contributed by atoms with E-state index in [2.05, 4.69) is 15.7 Å². The number of nitrogens with one attached hydrogen (secondary N) is 2. The van der Waals surface area contributed by atoms with Crippen LogP contribution in [0.4, 0.5) is 16.3 Å². The summed E-state index contributed by atoms with van der Waals surface area (Å²) >= 11 is 0. The number of nitrogens with zero attached hydrogens (tertiary/aromatic N) is 4. The van der Waals surface area contributed by atoms with Crippen molar-refractivity contribution in [3.05, 3.63) is 82.0 Å². The molecule has 1 aliphatic heterocycles. The Morgan fingerprint density at radius 3 is 2.58 bits per heavy atom. The molecule has 0 radical (unpaired) electrons. The fourth-order valence-corrected chi connectivity index (χ4v) is 3.65. The number of hydrogen-bond acceptors (Lipinski definition) is 6. The van der Waals surface area contributed by atoms with E-state index in [0.717, 1.165) is 10.6 Å². The Balaban J connectivity index is 1.53. The molecule has 11 nitrogen and oxygen atoms in total. The van der Waals surface area contributed by atoms with E-state index in [1.807, 2.05) is 30.3 Å². The van der Waals surface area contributed by atoms with Gasteiger partial charge in [0.2, 0.25) is 5.91 Å². The number of aromatic nitrogens is 2. The minimum absolute atomic E-state index is 0.212. The molecule has 1 aromatic heterocycles. The van der Waals surface area contributed by atoms with Crippen molar-refractivity contribution in [1.29, 1.82) is 0 Å². The average Bonchev–Trinajstić information content (AvgIpc) is 3.26. The van der Waals surface area contributed by atoms with Crippen LogP contribution in [0.25, 0.3) is 5.69 Å². The van der Waals surface area contributed by atoms with Crippen molar-refractivity contribution < 1.29 is 19.3 Å². The number of non-ortho nitro benzene ring substituents is 1. The molecule has 2 aromatic carbocycles. The highest BCUT2D eigenvalue weighted by Gasteiger charge is 2.49. The molecule has 1 saturated heterocycles. The normalized spacial score (nSPS) is 17.7. The van der Waals surface area contributed by atoms with Crippen LogP contribution in [0.3, 0.4) is 0 Å². The number of imide groups is 1. The molecule has 1 aliphatic rings. The maximum Gasteiger partial charge on any atom is 0.325 e. The third-order valence-corrected chi connectivity index (χ3v) is 5.31. The molecule has 2 N–H and O–H groups in total. The number of nitro benzene ring substituents is 1. The summed E-state index contributed by atoms with van der Waals surface area (Å²) < 4.78 is 1.55. The molecule has 0 spiro atoms. The van der Waals surface area contributed by atoms with Gasteiger partial charge in [0.25, 0.3) is 11.6 Å². The lowest BCUT2D eigenvalue weighted by Crippen LogP contribution is -2.42. The molecular formula is C22H20N6O5. The number of anilines is 1. The van der Waals surface area contributed by atoms with Crippen LogP contribution < -0.4 is 10.6 Å². The number of benzene rings is 2. The molecule has 1 unspecified atom stereocenters. The zero-order valence-corrected chi connectivity index (χ0v) is 17.8. The summed E-state index contributed by atoms with van der Waals surface area (Å²) in [6.07, 6.45) is 0. The fourth-order valence-electron chi connectivity index (χ4n) is 3.65. The molecule has 0 bridgehead atoms. The van der Waals surface area contributed by atoms with Gasteiger partial charge in [0.05, 0.1) is 16.3 Å². The van der Waals surface area contributed by atoms with Crippen molar-refractivity contribution in [2.24, 2.45) is 0 Å². The molecule has 1 atom stereocenters. The van der Waals surface area contributed by atoms with E-state index < -0.39 is 34.9 Å². The second-order valence-corrected chi connectivity index (χ2v) is 7.72. The Labute approximate surface area is 188 Å². The third-order valence-electron chi connectivity index (χ3n) is 5.31. The van der Waals surface area contributed by atoms with E-state index in [4.69, 9.17) is 0 Å². The average molecular weight is 448 g/mol. The number of para-hydroxylation sites is 1. The van der Waals surface area contributed by atoms with Gasteiger partial charge in [-0.15, -0.1) is 0 Å². The van der Waals surface area contributed by atoms with Gasteiger partial charge in [0.1, 0.15) is 17.9 Å². The second-order valence-electron chi connectivity index (χ2n) is 7.72. The summed E-state index contributed by atoms with van der Waals surface area (Å²) in [7, 11) is 0. The van der Waals surface area contributed by atoms with Crippen molar-refractivity contribution in [3.63, 3.8) is 0 Å². The number of urea groups is 1. The van der Waals surface area contributed by atoms with Crippen LogP contribution in [0, 0.1) is 17.0 Å². The molecule has 4 rings (SSSR count). The lowest BCUT2D eigenvalue weighted by Gasteiger charge is -2.22. The maximum absolute atomic E-state index is 13.1. The highest BCUT2D eigenvalue weighted by atomic mass is 16.6. The van der Waals surface area contributed by atoms with Gasteiger partial charge in [-0.1, -0.05) is 30.3 Å². The zero-order valence-electron chi connectivity index (χ0n) is 17.8. The van der Waals surface area contributed by atoms with E-state index in [1.165, 1.54) is 31.2 Å². The van der Waals surface area contributed by atoms with Crippen LogP contribution in [0.2, 0.25) is 0 Å². The minimum Gasteiger partial charge on any atom is -0.319 e. The monoisotopic (exact) mass is 448 g/mol. The first-order valence-electron chi connectivity index (χ1n) is 10.00. The Morgan fingerprint density at radius 1 is 1.15 bits per heavy atom. The predicted molar refractivity (Wildman–Crippen MR) is 118 cm³/mol. The van der Waals surface area contributed by atoms with Crippen molar-refractivity contribution in [2.75, 3.05) is 11.9 Å². The number of carbonyl (C=O) groups excluding carboxylic acids is 3. The van der Waals surface area contributed by atoms with Gasteiger partial charge in [-0.3, -0.25) is 24.6 Å². The fraction of sp³-hybridized carbons (Fsp3) is 0.182. The summed E-state index contributed by atoms with van der Waals surface area (Å²) in [6, 6.07) is 15.5. The third kappa shape index (κ3) is 4.03. The Kier molecular flexibility index (Phi) is 5.38. The largest absolute Gasteiger partial charge is 0.325 e. The zero-order chi connectivity index (χ0) is 23.8. The number of rotatable bonds is 6. The topological polar surface area (TPSA) is 139 Å². The molecule has 4 amide bonds. The van der Waals surface area contributed by atoms with Crippen molar-refractivity contribution in [3.8, 4) is 5.69 Å². The molecule has 0 saturated carbocycles. The van der Waals surface area contributed by atoms with E-state index in [9.17, 15) is 24.5 Å². The highest BCUT2D eigenvalue weighted by molar-refractivity contribution is 6.10. The molecule has 3 aromatic rings. The number of carbonyl (C=O) groups is 3. The number of hydrogen-bond donors (Lipinski definition) is 2. The minimum atomic E-state index is -1.54. The van der Waals surface area contributed by atoms with Crippen molar-refractivity contribution in [2.45, 2.75) is 19.4 Å². The van der Waals surface area contributed by atoms with E-state index in [0.29, 0.717) is 11.5 Å². The molecule has 2 heterocycles. The molecule has 11 heteroatoms. The summed E-state index contributed by atoms with van der Waals surface area (Å²) in [5, 5.41) is 20.7. The second kappa shape index (κ2) is 8.19. The SMILES string of the molecule is Cc1cc(NC(=O)CN2C(=O)NC(C)(c3cccc([N+](=O)[O-])c3)C2=O)n(-c2ccccc2)n1. The van der Waals surface area contributed by atoms with E-state index in [1.54, 1.807) is 17.7 Å². The molecule has 0 aliphatic carbocycles. The quantitative estimate of drug-likeness (QED) is 0.337. The van der Waals surface area contributed by atoms with Crippen LogP contribution >= 0.6 is 0 Å². The summed E-state index contributed by atoms with van der Waals surface area (Å²) in [5.41, 5.74) is -0.102. The Hall–Kier alpha value is -4.54. The van der Waals surface area contributed by atoms with Crippen LogP contribution in [0.15, 0.2) is 60.7 Å². The van der Waals surface area contributed by atoms with Gasteiger partial charge in [0, 0.05) is 18.2 Å². The van der Waals surface area contributed by atoms with Crippen molar-refractivity contribution >= 4 is 29.4 Å². The number of amides is 4. The van der Waals surface area contributed by atoms with Gasteiger partial charge < -0.3 is 10.6 Å². The first kappa shape index (κ1) is 21.7. The van der Waals surface area contributed by atoms with Gasteiger partial charge in [-0.2, -0.15) is 5.10 Å². The molecular weight excluding hydrogens is 428 g/mol. The van der Waals surface area contributed by atoms with Crippen LogP contribution in [0.5, 0.6) is 0 Å². The van der Waals surface area contributed by atoms with Gasteiger partial charge >= 0.3 is 6.03 Å². The number of nitro groups is 1. The van der Waals surface area contributed by atoms with Crippen LogP contribution in [0.1, 0.15) is 18.2 Å². The lowest BCUT2D eigenvalue weighted by molar-refractivity contribution is -0.385. The smallest absolute Gasteiger partial charge is 0.319 e. The van der Waals surface area contributed by atoms with Gasteiger partial charge in [0.15, 0.2) is 0 Å². The van der Waals surface area contributed by atoms with E-state index in [-0.39, 0.29) is 11.3 Å². The molecule has 1 fully saturated rings.